The van der Waals surface area contributed by atoms with Crippen LogP contribution in [0.1, 0.15) is 43.9 Å². The lowest BCUT2D eigenvalue weighted by Crippen LogP contribution is -2.35. The van der Waals surface area contributed by atoms with Crippen molar-refractivity contribution in [2.75, 3.05) is 18.0 Å². The third kappa shape index (κ3) is 5.61. The third-order valence-electron chi connectivity index (χ3n) is 5.39. The van der Waals surface area contributed by atoms with Gasteiger partial charge in [-0.3, -0.25) is 4.90 Å². The van der Waals surface area contributed by atoms with Crippen LogP contribution in [-0.4, -0.2) is 37.0 Å². The van der Waals surface area contributed by atoms with Crippen LogP contribution in [0.4, 0.5) is 10.5 Å². The Hall–Kier alpha value is -3.16. The first kappa shape index (κ1) is 24.5. The summed E-state index contributed by atoms with van der Waals surface area (Å²) in [5, 5.41) is 10.2. The van der Waals surface area contributed by atoms with Gasteiger partial charge in [-0.25, -0.2) is 13.2 Å². The number of benzene rings is 3. The van der Waals surface area contributed by atoms with Gasteiger partial charge in [-0.1, -0.05) is 74.5 Å². The van der Waals surface area contributed by atoms with Crippen LogP contribution >= 0.6 is 0 Å². The number of hydrogen-bond acceptors (Lipinski definition) is 3. The second kappa shape index (κ2) is 11.1. The maximum Gasteiger partial charge on any atom is 0.412 e. The lowest BCUT2D eigenvalue weighted by molar-refractivity contribution is 0.200. The maximum absolute atomic E-state index is 13.1. The van der Waals surface area contributed by atoms with Gasteiger partial charge in [0.05, 0.1) is 10.9 Å². The number of rotatable bonds is 10. The summed E-state index contributed by atoms with van der Waals surface area (Å²) in [5.41, 5.74) is 2.04. The Labute approximate surface area is 196 Å². The van der Waals surface area contributed by atoms with Gasteiger partial charge in [-0.05, 0) is 48.2 Å². The van der Waals surface area contributed by atoms with Crippen molar-refractivity contribution in [2.24, 2.45) is 0 Å². The van der Waals surface area contributed by atoms with Crippen molar-refractivity contribution in [2.45, 2.75) is 37.6 Å². The Morgan fingerprint density at radius 3 is 1.64 bits per heavy atom. The van der Waals surface area contributed by atoms with E-state index in [1.165, 1.54) is 21.3 Å². The van der Waals surface area contributed by atoms with Crippen molar-refractivity contribution in [1.82, 2.24) is 4.31 Å². The summed E-state index contributed by atoms with van der Waals surface area (Å²) >= 11 is 0. The Kier molecular flexibility index (Phi) is 8.25. The summed E-state index contributed by atoms with van der Waals surface area (Å²) in [6.07, 6.45) is 0.321. The molecule has 1 N–H and O–H groups in total. The van der Waals surface area contributed by atoms with E-state index in [4.69, 9.17) is 0 Å². The molecule has 6 nitrogen and oxygen atoms in total. The average molecular weight is 467 g/mol. The number of sulfonamides is 1. The number of nitrogens with zero attached hydrogens (tertiary/aromatic N) is 2. The van der Waals surface area contributed by atoms with Crippen LogP contribution in [-0.2, 0) is 10.0 Å². The molecule has 0 heterocycles. The quantitative estimate of drug-likeness (QED) is 0.411. The zero-order chi connectivity index (χ0) is 23.8. The number of anilines is 1. The molecule has 0 saturated heterocycles. The minimum Gasteiger partial charge on any atom is -0.465 e. The molecule has 3 aromatic rings. The molecule has 0 aliphatic rings. The van der Waals surface area contributed by atoms with E-state index in [0.29, 0.717) is 18.8 Å². The van der Waals surface area contributed by atoms with E-state index in [-0.39, 0.29) is 4.90 Å². The van der Waals surface area contributed by atoms with Gasteiger partial charge in [0.25, 0.3) is 0 Å². The molecule has 174 valence electrons. The van der Waals surface area contributed by atoms with Crippen molar-refractivity contribution >= 4 is 21.8 Å². The minimum absolute atomic E-state index is 0.162. The summed E-state index contributed by atoms with van der Waals surface area (Å²) in [5.74, 6) is 0. The van der Waals surface area contributed by atoms with Crippen molar-refractivity contribution in [3.8, 4) is 0 Å². The lowest BCUT2D eigenvalue weighted by Gasteiger charge is -2.30. The summed E-state index contributed by atoms with van der Waals surface area (Å²) < 4.78 is 27.7. The summed E-state index contributed by atoms with van der Waals surface area (Å²) in [7, 11) is -3.65. The van der Waals surface area contributed by atoms with Crippen molar-refractivity contribution in [3.63, 3.8) is 0 Å². The highest BCUT2D eigenvalue weighted by Gasteiger charge is 2.29. The van der Waals surface area contributed by atoms with Crippen molar-refractivity contribution in [1.29, 1.82) is 0 Å². The van der Waals surface area contributed by atoms with E-state index in [1.807, 2.05) is 74.5 Å². The van der Waals surface area contributed by atoms with Crippen LogP contribution in [0.3, 0.4) is 0 Å². The molecule has 33 heavy (non-hydrogen) atoms. The SMILES string of the molecule is CCCN(CCC)S(=O)(=O)c1ccc(N(C(=O)O)C(c2ccccc2)c2ccccc2)cc1. The second-order valence-electron chi connectivity index (χ2n) is 7.77. The number of carboxylic acid groups (broad SMARTS) is 1. The highest BCUT2D eigenvalue weighted by atomic mass is 32.2. The van der Waals surface area contributed by atoms with Gasteiger partial charge in [-0.2, -0.15) is 4.31 Å². The van der Waals surface area contributed by atoms with Crippen LogP contribution in [0.15, 0.2) is 89.8 Å². The zero-order valence-electron chi connectivity index (χ0n) is 19.0. The van der Waals surface area contributed by atoms with Gasteiger partial charge in [0.1, 0.15) is 0 Å². The van der Waals surface area contributed by atoms with Gasteiger partial charge in [-0.15, -0.1) is 0 Å². The monoisotopic (exact) mass is 466 g/mol. The summed E-state index contributed by atoms with van der Waals surface area (Å²) in [6.45, 7) is 4.78. The molecule has 0 bridgehead atoms. The molecule has 0 aliphatic carbocycles. The van der Waals surface area contributed by atoms with Crippen LogP contribution in [0.2, 0.25) is 0 Å². The fourth-order valence-corrected chi connectivity index (χ4v) is 5.53. The first-order chi connectivity index (χ1) is 15.9. The second-order valence-corrected chi connectivity index (χ2v) is 9.71. The van der Waals surface area contributed by atoms with E-state index >= 15 is 0 Å². The number of hydrogen-bond donors (Lipinski definition) is 1. The van der Waals surface area contributed by atoms with Gasteiger partial charge in [0, 0.05) is 18.8 Å². The van der Waals surface area contributed by atoms with Crippen LogP contribution in [0.5, 0.6) is 0 Å². The highest BCUT2D eigenvalue weighted by molar-refractivity contribution is 7.89. The van der Waals surface area contributed by atoms with Gasteiger partial charge >= 0.3 is 6.09 Å². The lowest BCUT2D eigenvalue weighted by atomic mass is 9.97. The van der Waals surface area contributed by atoms with Crippen LogP contribution in [0.25, 0.3) is 0 Å². The molecule has 0 aromatic heterocycles. The average Bonchev–Trinajstić information content (AvgIpc) is 2.83. The first-order valence-corrected chi connectivity index (χ1v) is 12.6. The van der Waals surface area contributed by atoms with E-state index < -0.39 is 22.2 Å². The number of carbonyl (C=O) groups is 1. The topological polar surface area (TPSA) is 77.9 Å². The van der Waals surface area contributed by atoms with Gasteiger partial charge in [0.15, 0.2) is 0 Å². The molecular weight excluding hydrogens is 436 g/mol. The molecule has 0 radical (unpaired) electrons. The highest BCUT2D eigenvalue weighted by Crippen LogP contribution is 2.34. The molecule has 0 spiro atoms. The fraction of sp³-hybridized carbons (Fsp3) is 0.269. The van der Waals surface area contributed by atoms with E-state index in [2.05, 4.69) is 0 Å². The van der Waals surface area contributed by atoms with Crippen molar-refractivity contribution < 1.29 is 18.3 Å². The molecule has 7 heteroatoms. The molecule has 0 saturated carbocycles. The predicted molar refractivity (Wildman–Crippen MR) is 131 cm³/mol. The fourth-order valence-electron chi connectivity index (χ4n) is 3.91. The molecule has 3 aromatic carbocycles. The Balaban J connectivity index is 2.04. The molecular formula is C26H30N2O4S. The van der Waals surface area contributed by atoms with E-state index in [0.717, 1.165) is 24.0 Å². The largest absolute Gasteiger partial charge is 0.465 e. The number of amides is 1. The summed E-state index contributed by atoms with van der Waals surface area (Å²) in [4.78, 5) is 13.9. The zero-order valence-corrected chi connectivity index (χ0v) is 19.8. The maximum atomic E-state index is 13.1. The van der Waals surface area contributed by atoms with Gasteiger partial charge in [0.2, 0.25) is 10.0 Å². The van der Waals surface area contributed by atoms with Crippen LogP contribution < -0.4 is 4.90 Å². The summed E-state index contributed by atoms with van der Waals surface area (Å²) in [6, 6.07) is 24.3. The molecule has 0 fully saturated rings. The molecule has 0 aliphatic heterocycles. The Morgan fingerprint density at radius 2 is 1.24 bits per heavy atom. The standard InChI is InChI=1S/C26H30N2O4S/c1-3-19-27(20-4-2)33(31,32)24-17-15-23(16-18-24)28(26(29)30)25(21-11-7-5-8-12-21)22-13-9-6-10-14-22/h5-18,25H,3-4,19-20H2,1-2H3,(H,29,30). The van der Waals surface area contributed by atoms with Gasteiger partial charge < -0.3 is 5.11 Å². The van der Waals surface area contributed by atoms with E-state index in [9.17, 15) is 18.3 Å². The van der Waals surface area contributed by atoms with Crippen LogP contribution in [0, 0.1) is 0 Å². The minimum atomic E-state index is -3.65. The normalized spacial score (nSPS) is 11.6. The molecule has 0 unspecified atom stereocenters. The molecule has 1 amide bonds. The van der Waals surface area contributed by atoms with E-state index in [1.54, 1.807) is 12.1 Å². The molecule has 3 rings (SSSR count). The smallest absolute Gasteiger partial charge is 0.412 e. The molecule has 0 atom stereocenters. The van der Waals surface area contributed by atoms with Crippen molar-refractivity contribution in [3.05, 3.63) is 96.1 Å². The third-order valence-corrected chi connectivity index (χ3v) is 7.31. The Morgan fingerprint density at radius 1 is 0.788 bits per heavy atom. The first-order valence-electron chi connectivity index (χ1n) is 11.1. The Bertz CT molecular complexity index is 1090. The predicted octanol–water partition coefficient (Wildman–Crippen LogP) is 5.77.